The van der Waals surface area contributed by atoms with E-state index in [4.69, 9.17) is 0 Å². The van der Waals surface area contributed by atoms with Crippen molar-refractivity contribution in [2.45, 2.75) is 44.8 Å². The number of carbonyl (C=O) groups excluding carboxylic acids is 1. The zero-order valence-electron chi connectivity index (χ0n) is 15.7. The molecule has 1 amide bonds. The third-order valence-electron chi connectivity index (χ3n) is 4.39. The Labute approximate surface area is 161 Å². The van der Waals surface area contributed by atoms with Crippen LogP contribution in [0.15, 0.2) is 40.3 Å². The number of fused-ring (bicyclic) bond motifs is 1. The van der Waals surface area contributed by atoms with Crippen LogP contribution in [0.1, 0.15) is 32.8 Å². The fraction of sp³-hybridized carbons (Fsp3) is 0.368. The number of thioether (sulfide) groups is 1. The number of hydrogen-bond donors (Lipinski definition) is 2. The molecule has 0 aliphatic carbocycles. The van der Waals surface area contributed by atoms with Crippen LogP contribution in [-0.4, -0.2) is 37.5 Å². The maximum absolute atomic E-state index is 12.1. The molecule has 0 unspecified atom stereocenters. The number of nitrogens with zero attached hydrogens (tertiary/aromatic N) is 3. The van der Waals surface area contributed by atoms with Gasteiger partial charge in [0.1, 0.15) is 5.52 Å². The molecule has 3 rings (SSSR count). The van der Waals surface area contributed by atoms with Gasteiger partial charge in [0, 0.05) is 11.6 Å². The molecule has 0 fully saturated rings. The molecule has 8 heteroatoms. The van der Waals surface area contributed by atoms with Gasteiger partial charge in [-0.2, -0.15) is 5.10 Å². The van der Waals surface area contributed by atoms with Gasteiger partial charge in [-0.15, -0.1) is 5.10 Å². The van der Waals surface area contributed by atoms with E-state index in [1.165, 1.54) is 21.8 Å². The molecule has 2 heterocycles. The summed E-state index contributed by atoms with van der Waals surface area (Å²) in [5.74, 6) is 0.136. The molecule has 142 valence electrons. The number of aromatic amines is 1. The summed E-state index contributed by atoms with van der Waals surface area (Å²) in [7, 11) is 0. The predicted molar refractivity (Wildman–Crippen MR) is 107 cm³/mol. The lowest BCUT2D eigenvalue weighted by molar-refractivity contribution is -0.119. The van der Waals surface area contributed by atoms with Crippen LogP contribution in [-0.2, 0) is 11.2 Å². The number of carbonyl (C=O) groups is 1. The molecule has 3 aromatic rings. The van der Waals surface area contributed by atoms with E-state index in [2.05, 4.69) is 39.7 Å². The topological polar surface area (TPSA) is 92.1 Å². The molecule has 2 N–H and O–H groups in total. The lowest BCUT2D eigenvalue weighted by atomic mass is 10.1. The summed E-state index contributed by atoms with van der Waals surface area (Å²) in [4.78, 5) is 24.1. The van der Waals surface area contributed by atoms with Crippen LogP contribution in [0.2, 0.25) is 0 Å². The van der Waals surface area contributed by atoms with Gasteiger partial charge in [0.2, 0.25) is 11.1 Å². The molecule has 2 aromatic heterocycles. The second-order valence-electron chi connectivity index (χ2n) is 6.38. The summed E-state index contributed by atoms with van der Waals surface area (Å²) in [6.45, 7) is 6.08. The first-order valence-corrected chi connectivity index (χ1v) is 10.00. The van der Waals surface area contributed by atoms with Crippen LogP contribution in [0.3, 0.4) is 0 Å². The van der Waals surface area contributed by atoms with E-state index in [1.807, 2.05) is 26.0 Å². The van der Waals surface area contributed by atoms with Crippen LogP contribution < -0.4 is 10.9 Å². The lowest BCUT2D eigenvalue weighted by Crippen LogP contribution is -2.33. The fourth-order valence-corrected chi connectivity index (χ4v) is 3.30. The van der Waals surface area contributed by atoms with E-state index >= 15 is 0 Å². The first-order chi connectivity index (χ1) is 13.0. The Hall–Kier alpha value is -2.61. The lowest BCUT2D eigenvalue weighted by Gasteiger charge is -2.10. The summed E-state index contributed by atoms with van der Waals surface area (Å²) < 4.78 is 1.50. The van der Waals surface area contributed by atoms with Crippen molar-refractivity contribution in [3.8, 4) is 11.3 Å². The molecule has 0 saturated heterocycles. The Morgan fingerprint density at radius 1 is 1.30 bits per heavy atom. The van der Waals surface area contributed by atoms with Crippen LogP contribution in [0, 0.1) is 0 Å². The monoisotopic (exact) mass is 385 g/mol. The van der Waals surface area contributed by atoms with Crippen molar-refractivity contribution in [3.05, 3.63) is 46.2 Å². The van der Waals surface area contributed by atoms with Gasteiger partial charge in [0.15, 0.2) is 0 Å². The first-order valence-electron chi connectivity index (χ1n) is 9.01. The molecule has 0 spiro atoms. The molecule has 27 heavy (non-hydrogen) atoms. The maximum Gasteiger partial charge on any atom is 0.290 e. The van der Waals surface area contributed by atoms with Crippen LogP contribution >= 0.6 is 11.8 Å². The zero-order valence-corrected chi connectivity index (χ0v) is 16.5. The second kappa shape index (κ2) is 8.39. The highest BCUT2D eigenvalue weighted by Gasteiger charge is 2.14. The molecule has 0 aliphatic rings. The zero-order chi connectivity index (χ0) is 19.4. The Bertz CT molecular complexity index is 993. The molecule has 1 atom stereocenters. The highest BCUT2D eigenvalue weighted by atomic mass is 32.2. The molecule has 1 aromatic carbocycles. The first kappa shape index (κ1) is 19.2. The fourth-order valence-electron chi connectivity index (χ4n) is 2.59. The standard InChI is InChI=1S/C19H23N5O2S/c1-4-12(3)20-17(25)11-27-19-22-21-18(26)16-10-15(23-24(16)19)14-8-6-13(5-2)7-9-14/h6-10,12H,4-5,11H2,1-3H3,(H,20,25)(H,21,26)/t12-/m1/s1. The number of nitrogens with one attached hydrogen (secondary N) is 2. The molecule has 7 nitrogen and oxygen atoms in total. The van der Waals surface area contributed by atoms with Crippen molar-refractivity contribution in [2.24, 2.45) is 0 Å². The van der Waals surface area contributed by atoms with E-state index in [1.54, 1.807) is 6.07 Å². The van der Waals surface area contributed by atoms with E-state index in [9.17, 15) is 9.59 Å². The van der Waals surface area contributed by atoms with Gasteiger partial charge in [-0.25, -0.2) is 9.61 Å². The van der Waals surface area contributed by atoms with Gasteiger partial charge in [-0.1, -0.05) is 49.9 Å². The number of aryl methyl sites for hydroxylation is 1. The summed E-state index contributed by atoms with van der Waals surface area (Å²) in [5, 5.41) is 14.5. The van der Waals surface area contributed by atoms with Gasteiger partial charge in [0.05, 0.1) is 11.4 Å². The minimum Gasteiger partial charge on any atom is -0.353 e. The Kier molecular flexibility index (Phi) is 5.95. The van der Waals surface area contributed by atoms with Gasteiger partial charge in [-0.3, -0.25) is 9.59 Å². The molecule has 0 aliphatic heterocycles. The normalized spacial score (nSPS) is 12.3. The molecule has 0 saturated carbocycles. The van der Waals surface area contributed by atoms with Crippen molar-refractivity contribution in [1.82, 2.24) is 25.1 Å². The Morgan fingerprint density at radius 3 is 2.70 bits per heavy atom. The average Bonchev–Trinajstić information content (AvgIpc) is 3.14. The van der Waals surface area contributed by atoms with E-state index in [0.717, 1.165) is 18.4 Å². The van der Waals surface area contributed by atoms with Crippen molar-refractivity contribution in [2.75, 3.05) is 5.75 Å². The number of H-pyrrole nitrogens is 1. The molecule has 0 bridgehead atoms. The summed E-state index contributed by atoms with van der Waals surface area (Å²) in [5.41, 5.74) is 2.96. The van der Waals surface area contributed by atoms with Crippen LogP contribution in [0.5, 0.6) is 0 Å². The molecular weight excluding hydrogens is 362 g/mol. The number of amides is 1. The second-order valence-corrected chi connectivity index (χ2v) is 7.32. The van der Waals surface area contributed by atoms with E-state index in [-0.39, 0.29) is 23.3 Å². The molecular formula is C19H23N5O2S. The quantitative estimate of drug-likeness (QED) is 0.610. The number of rotatable bonds is 7. The largest absolute Gasteiger partial charge is 0.353 e. The highest BCUT2D eigenvalue weighted by molar-refractivity contribution is 7.99. The minimum absolute atomic E-state index is 0.0713. The molecule has 0 radical (unpaired) electrons. The predicted octanol–water partition coefficient (Wildman–Crippen LogP) is 2.65. The summed E-state index contributed by atoms with van der Waals surface area (Å²) >= 11 is 1.24. The van der Waals surface area contributed by atoms with Gasteiger partial charge >= 0.3 is 0 Å². The number of hydrogen-bond acceptors (Lipinski definition) is 5. The minimum atomic E-state index is -0.313. The highest BCUT2D eigenvalue weighted by Crippen LogP contribution is 2.22. The smallest absolute Gasteiger partial charge is 0.290 e. The SMILES string of the molecule is CCc1ccc(-c2cc3c(=O)[nH]nc(SCC(=O)N[C@H](C)CC)n3n2)cc1. The van der Waals surface area contributed by atoms with Crippen LogP contribution in [0.4, 0.5) is 0 Å². The summed E-state index contributed by atoms with van der Waals surface area (Å²) in [6.07, 6.45) is 1.84. The number of aromatic nitrogens is 4. The van der Waals surface area contributed by atoms with E-state index in [0.29, 0.717) is 16.4 Å². The van der Waals surface area contributed by atoms with Crippen molar-refractivity contribution in [3.63, 3.8) is 0 Å². The Morgan fingerprint density at radius 2 is 2.04 bits per heavy atom. The van der Waals surface area contributed by atoms with Crippen molar-refractivity contribution >= 4 is 23.2 Å². The maximum atomic E-state index is 12.1. The van der Waals surface area contributed by atoms with Gasteiger partial charge in [-0.05, 0) is 31.4 Å². The van der Waals surface area contributed by atoms with Crippen molar-refractivity contribution in [1.29, 1.82) is 0 Å². The number of benzene rings is 1. The average molecular weight is 385 g/mol. The summed E-state index contributed by atoms with van der Waals surface area (Å²) in [6, 6.07) is 9.96. The van der Waals surface area contributed by atoms with Gasteiger partial charge < -0.3 is 5.32 Å². The van der Waals surface area contributed by atoms with E-state index < -0.39 is 0 Å². The van der Waals surface area contributed by atoms with Gasteiger partial charge in [0.25, 0.3) is 5.56 Å². The van der Waals surface area contributed by atoms with Crippen LogP contribution in [0.25, 0.3) is 16.8 Å². The Balaban J connectivity index is 1.86. The third-order valence-corrected chi connectivity index (χ3v) is 5.32. The third kappa shape index (κ3) is 4.39. The van der Waals surface area contributed by atoms with Crippen molar-refractivity contribution < 1.29 is 4.79 Å².